The Morgan fingerprint density at radius 3 is 2.50 bits per heavy atom. The summed E-state index contributed by atoms with van der Waals surface area (Å²) in [5.41, 5.74) is 1.87. The fraction of sp³-hybridized carbons (Fsp3) is 0.385. The first-order valence-electron chi connectivity index (χ1n) is 11.5. The van der Waals surface area contributed by atoms with Crippen LogP contribution in [0.25, 0.3) is 33.1 Å². The van der Waals surface area contributed by atoms with Gasteiger partial charge in [-0.2, -0.15) is 4.31 Å². The number of ether oxygens (including phenoxy) is 1. The number of H-pyrrole nitrogens is 1. The number of nitrogens with one attached hydrogen (secondary N) is 1. The van der Waals surface area contributed by atoms with Gasteiger partial charge in [-0.05, 0) is 62.1 Å². The van der Waals surface area contributed by atoms with E-state index in [4.69, 9.17) is 9.15 Å². The minimum absolute atomic E-state index is 0.138. The molecule has 0 aliphatic carbocycles. The average Bonchev–Trinajstić information content (AvgIpc) is 3.31. The van der Waals surface area contributed by atoms with Crippen LogP contribution in [0.5, 0.6) is 0 Å². The fourth-order valence-corrected chi connectivity index (χ4v) is 6.48. The van der Waals surface area contributed by atoms with Crippen molar-refractivity contribution >= 4 is 38.1 Å². The zero-order valence-corrected chi connectivity index (χ0v) is 22.0. The van der Waals surface area contributed by atoms with Gasteiger partial charge < -0.3 is 14.1 Å². The summed E-state index contributed by atoms with van der Waals surface area (Å²) in [5, 5.41) is 0.864. The largest absolute Gasteiger partial charge is 0.439 e. The van der Waals surface area contributed by atoms with Gasteiger partial charge in [0.25, 0.3) is 0 Å². The van der Waals surface area contributed by atoms with E-state index in [0.717, 1.165) is 20.8 Å². The number of carbonyl (C=O) groups excluding carboxylic acids is 1. The molecule has 36 heavy (non-hydrogen) atoms. The molecule has 4 aromatic rings. The van der Waals surface area contributed by atoms with E-state index in [2.05, 4.69) is 9.97 Å². The third-order valence-electron chi connectivity index (χ3n) is 5.38. The third-order valence-corrected chi connectivity index (χ3v) is 7.86. The first kappa shape index (κ1) is 25.7. The zero-order chi connectivity index (χ0) is 26.5. The Hall–Kier alpha value is -3.40. The van der Waals surface area contributed by atoms with Crippen LogP contribution in [0.15, 0.2) is 47.0 Å². The number of sulfonamides is 1. The van der Waals surface area contributed by atoms with Crippen LogP contribution in [0, 0.1) is 11.2 Å². The Labute approximate surface area is 209 Å². The van der Waals surface area contributed by atoms with Gasteiger partial charge in [0.15, 0.2) is 12.2 Å². The van der Waals surface area contributed by atoms with E-state index in [-0.39, 0.29) is 24.1 Å². The van der Waals surface area contributed by atoms with E-state index < -0.39 is 27.1 Å². The van der Waals surface area contributed by atoms with Crippen molar-refractivity contribution in [3.05, 3.63) is 54.3 Å². The van der Waals surface area contributed by atoms with Crippen LogP contribution >= 0.6 is 0 Å². The molecule has 1 amide bonds. The second-order valence-electron chi connectivity index (χ2n) is 11.0. The number of nitrogens with zero attached hydrogens (tertiary/aromatic N) is 2. The maximum atomic E-state index is 13.5. The second-order valence-corrected chi connectivity index (χ2v) is 12.8. The van der Waals surface area contributed by atoms with Gasteiger partial charge in [-0.1, -0.05) is 26.8 Å². The van der Waals surface area contributed by atoms with Gasteiger partial charge in [0, 0.05) is 22.7 Å². The summed E-state index contributed by atoms with van der Waals surface area (Å²) in [6.45, 7) is 9.94. The van der Waals surface area contributed by atoms with Crippen LogP contribution in [0.2, 0.25) is 0 Å². The van der Waals surface area contributed by atoms with Gasteiger partial charge in [-0.25, -0.2) is 22.6 Å². The number of aromatic nitrogens is 2. The Morgan fingerprint density at radius 1 is 1.11 bits per heavy atom. The quantitative estimate of drug-likeness (QED) is 0.338. The van der Waals surface area contributed by atoms with Gasteiger partial charge in [-0.3, -0.25) is 0 Å². The van der Waals surface area contributed by atoms with Crippen LogP contribution in [0.4, 0.5) is 9.18 Å². The van der Waals surface area contributed by atoms with Crippen molar-refractivity contribution in [1.82, 2.24) is 14.3 Å². The van der Waals surface area contributed by atoms with Crippen LogP contribution in [0.1, 0.15) is 47.4 Å². The summed E-state index contributed by atoms with van der Waals surface area (Å²) in [6, 6.07) is 9.99. The molecule has 0 saturated heterocycles. The minimum Gasteiger partial charge on any atom is -0.439 e. The fourth-order valence-electron chi connectivity index (χ4n) is 4.14. The number of carbonyl (C=O) groups is 1. The highest BCUT2D eigenvalue weighted by atomic mass is 32.2. The van der Waals surface area contributed by atoms with Gasteiger partial charge in [0.1, 0.15) is 11.3 Å². The molecule has 0 radical (unpaired) electrons. The number of fused-ring (bicyclic) bond motifs is 2. The number of oxazole rings is 1. The molecule has 10 heteroatoms. The van der Waals surface area contributed by atoms with Crippen LogP contribution in [-0.4, -0.2) is 40.1 Å². The molecule has 2 aromatic heterocycles. The molecule has 0 unspecified atom stereocenters. The Morgan fingerprint density at radius 2 is 1.83 bits per heavy atom. The van der Waals surface area contributed by atoms with E-state index in [9.17, 15) is 17.6 Å². The Bertz CT molecular complexity index is 1540. The van der Waals surface area contributed by atoms with E-state index in [1.807, 2.05) is 6.07 Å². The van der Waals surface area contributed by atoms with Gasteiger partial charge in [-0.15, -0.1) is 0 Å². The van der Waals surface area contributed by atoms with E-state index in [0.29, 0.717) is 16.6 Å². The van der Waals surface area contributed by atoms with Crippen molar-refractivity contribution in [3.63, 3.8) is 0 Å². The van der Waals surface area contributed by atoms with Gasteiger partial charge >= 0.3 is 6.09 Å². The molecule has 4 rings (SSSR count). The molecule has 0 spiro atoms. The zero-order valence-electron chi connectivity index (χ0n) is 21.2. The van der Waals surface area contributed by atoms with Crippen molar-refractivity contribution in [3.8, 4) is 11.1 Å². The van der Waals surface area contributed by atoms with E-state index in [1.165, 1.54) is 12.1 Å². The molecule has 0 aliphatic heterocycles. The van der Waals surface area contributed by atoms with E-state index >= 15 is 0 Å². The van der Waals surface area contributed by atoms with Crippen molar-refractivity contribution in [2.45, 2.75) is 53.7 Å². The van der Waals surface area contributed by atoms with Crippen molar-refractivity contribution in [2.75, 3.05) is 5.75 Å². The lowest BCUT2D eigenvalue weighted by Crippen LogP contribution is -2.51. The number of benzene rings is 2. The van der Waals surface area contributed by atoms with Crippen molar-refractivity contribution in [1.29, 1.82) is 0 Å². The van der Waals surface area contributed by atoms with Crippen LogP contribution in [0.3, 0.4) is 0 Å². The summed E-state index contributed by atoms with van der Waals surface area (Å²) < 4.78 is 51.5. The molecule has 0 fully saturated rings. The lowest BCUT2D eigenvalue weighted by atomic mass is 10.0. The lowest BCUT2D eigenvalue weighted by Gasteiger charge is -2.35. The van der Waals surface area contributed by atoms with Crippen LogP contribution in [-0.2, 0) is 21.4 Å². The highest BCUT2D eigenvalue weighted by Gasteiger charge is 2.40. The SMILES string of the molecule is CC(C)(C)CS(=O)(=O)N(C(=O)OCc1nc2ccc(-c3c[nH]c4cc(F)ccc34)cc2o1)C(C)(C)C. The number of hydrogen-bond acceptors (Lipinski definition) is 6. The maximum absolute atomic E-state index is 13.5. The summed E-state index contributed by atoms with van der Waals surface area (Å²) in [5.74, 6) is -0.394. The number of rotatable bonds is 5. The number of amides is 1. The molecule has 0 atom stereocenters. The predicted octanol–water partition coefficient (Wildman–Crippen LogP) is 6.23. The average molecular weight is 516 g/mol. The number of hydrogen-bond donors (Lipinski definition) is 1. The second kappa shape index (κ2) is 8.92. The lowest BCUT2D eigenvalue weighted by molar-refractivity contribution is 0.0913. The normalized spacial score (nSPS) is 12.9. The molecule has 8 nitrogen and oxygen atoms in total. The summed E-state index contributed by atoms with van der Waals surface area (Å²) >= 11 is 0. The highest BCUT2D eigenvalue weighted by Crippen LogP contribution is 2.32. The molecule has 0 aliphatic rings. The van der Waals surface area contributed by atoms with Crippen molar-refractivity contribution < 1.29 is 26.8 Å². The van der Waals surface area contributed by atoms with Crippen LogP contribution < -0.4 is 0 Å². The molecule has 0 saturated carbocycles. The number of halogens is 1. The molecular weight excluding hydrogens is 485 g/mol. The smallest absolute Gasteiger partial charge is 0.424 e. The van der Waals surface area contributed by atoms with Gasteiger partial charge in [0.2, 0.25) is 15.9 Å². The Kier molecular flexibility index (Phi) is 6.36. The third kappa shape index (κ3) is 5.38. The first-order chi connectivity index (χ1) is 16.6. The predicted molar refractivity (Wildman–Crippen MR) is 136 cm³/mol. The summed E-state index contributed by atoms with van der Waals surface area (Å²) in [7, 11) is -3.94. The van der Waals surface area contributed by atoms with Crippen molar-refractivity contribution in [2.24, 2.45) is 5.41 Å². The Balaban J connectivity index is 1.55. The minimum atomic E-state index is -3.94. The molecule has 1 N–H and O–H groups in total. The summed E-state index contributed by atoms with van der Waals surface area (Å²) in [4.78, 5) is 20.3. The summed E-state index contributed by atoms with van der Waals surface area (Å²) in [6.07, 6.45) is 0.810. The molecule has 192 valence electrons. The monoisotopic (exact) mass is 515 g/mol. The van der Waals surface area contributed by atoms with Gasteiger partial charge in [0.05, 0.1) is 11.3 Å². The highest BCUT2D eigenvalue weighted by molar-refractivity contribution is 7.89. The standard InChI is InChI=1S/C26H30FN3O5S/c1-25(2,3)15-36(32,33)30(26(4,5)6)24(31)34-14-23-29-20-10-7-16(11-22(20)35-23)19-13-28-21-12-17(27)8-9-18(19)21/h7-13,28H,14-15H2,1-6H3. The molecule has 2 heterocycles. The maximum Gasteiger partial charge on any atom is 0.424 e. The van der Waals surface area contributed by atoms with E-state index in [1.54, 1.807) is 65.9 Å². The topological polar surface area (TPSA) is 106 Å². The molecule has 2 aromatic carbocycles. The first-order valence-corrected chi connectivity index (χ1v) is 13.1. The molecular formula is C26H30FN3O5S. The molecule has 0 bridgehead atoms. The number of aromatic amines is 1.